The molecule has 0 aliphatic heterocycles. The number of rotatable bonds is 5. The van der Waals surface area contributed by atoms with Crippen LogP contribution in [0.5, 0.6) is 0 Å². The number of esters is 1. The number of carbonyl (C=O) groups is 3. The van der Waals surface area contributed by atoms with Crippen molar-refractivity contribution in [2.45, 2.75) is 65.6 Å². The summed E-state index contributed by atoms with van der Waals surface area (Å²) in [5.41, 5.74) is 3.05. The Balaban J connectivity index is 3.89. The Bertz CT molecular complexity index is 381. The molecule has 2 amide bonds. The van der Waals surface area contributed by atoms with Crippen LogP contribution in [0.4, 0.5) is 4.79 Å². The van der Waals surface area contributed by atoms with E-state index in [0.29, 0.717) is 0 Å². The third-order valence-electron chi connectivity index (χ3n) is 1.67. The van der Waals surface area contributed by atoms with E-state index in [4.69, 9.17) is 9.68 Å². The predicted octanol–water partition coefficient (Wildman–Crippen LogP) is 1.60. The van der Waals surface area contributed by atoms with Crippen LogP contribution in [-0.4, -0.2) is 29.2 Å². The monoisotopic (exact) mass is 304 g/mol. The summed E-state index contributed by atoms with van der Waals surface area (Å²) in [6.45, 7) is 10.4. The van der Waals surface area contributed by atoms with Crippen molar-refractivity contribution in [2.24, 2.45) is 0 Å². The number of amides is 2. The van der Waals surface area contributed by atoms with Crippen molar-refractivity contribution < 1.29 is 28.8 Å². The lowest BCUT2D eigenvalue weighted by molar-refractivity contribution is -0.149. The first-order valence-corrected chi connectivity index (χ1v) is 6.54. The summed E-state index contributed by atoms with van der Waals surface area (Å²) in [4.78, 5) is 43.8. The molecule has 2 N–H and O–H groups in total. The highest BCUT2D eigenvalue weighted by molar-refractivity contribution is 5.86. The van der Waals surface area contributed by atoms with Crippen molar-refractivity contribution in [3.05, 3.63) is 0 Å². The van der Waals surface area contributed by atoms with E-state index < -0.39 is 29.2 Å². The molecular formula is C13H24N2O6. The summed E-state index contributed by atoms with van der Waals surface area (Å²) >= 11 is 0. The van der Waals surface area contributed by atoms with E-state index in [-0.39, 0.29) is 12.8 Å². The van der Waals surface area contributed by atoms with Gasteiger partial charge in [-0.1, -0.05) is 0 Å². The van der Waals surface area contributed by atoms with Gasteiger partial charge in [0.05, 0.1) is 17.6 Å². The van der Waals surface area contributed by atoms with Crippen molar-refractivity contribution in [1.29, 1.82) is 0 Å². The van der Waals surface area contributed by atoms with Crippen molar-refractivity contribution in [1.82, 2.24) is 11.0 Å². The van der Waals surface area contributed by atoms with Crippen LogP contribution in [0.3, 0.4) is 0 Å². The highest BCUT2D eigenvalue weighted by Gasteiger charge is 2.17. The van der Waals surface area contributed by atoms with Gasteiger partial charge in [-0.3, -0.25) is 19.3 Å². The maximum Gasteiger partial charge on any atom is 0.439 e. The molecule has 0 bridgehead atoms. The Hall–Kier alpha value is -1.67. The van der Waals surface area contributed by atoms with Gasteiger partial charge in [0.25, 0.3) is 0 Å². The average Bonchev–Trinajstić information content (AvgIpc) is 2.29. The van der Waals surface area contributed by atoms with Crippen LogP contribution in [-0.2, 0) is 24.0 Å². The Morgan fingerprint density at radius 2 is 1.29 bits per heavy atom. The van der Waals surface area contributed by atoms with E-state index in [0.717, 1.165) is 0 Å². The van der Waals surface area contributed by atoms with Gasteiger partial charge in [-0.2, -0.15) is 5.48 Å². The van der Waals surface area contributed by atoms with Gasteiger partial charge in [0.1, 0.15) is 0 Å². The largest absolute Gasteiger partial charge is 0.439 e. The quantitative estimate of drug-likeness (QED) is 0.454. The number of carbonyl (C=O) groups excluding carboxylic acids is 3. The van der Waals surface area contributed by atoms with E-state index in [1.807, 2.05) is 5.48 Å². The van der Waals surface area contributed by atoms with E-state index in [2.05, 4.69) is 10.2 Å². The highest BCUT2D eigenvalue weighted by Crippen LogP contribution is 2.05. The molecule has 0 saturated heterocycles. The minimum absolute atomic E-state index is 0.150. The van der Waals surface area contributed by atoms with Crippen LogP contribution in [0.25, 0.3) is 0 Å². The molecule has 8 nitrogen and oxygen atoms in total. The van der Waals surface area contributed by atoms with Gasteiger partial charge in [-0.15, -0.1) is 0 Å². The Kier molecular flexibility index (Phi) is 7.31. The maximum absolute atomic E-state index is 11.4. The normalized spacial score (nSPS) is 11.7. The predicted molar refractivity (Wildman–Crippen MR) is 73.7 cm³/mol. The SMILES string of the molecule is CC(C)(C)ONC(=O)CCC(=O)OC(=O)NOC(C)(C)C. The van der Waals surface area contributed by atoms with Crippen LogP contribution in [0.1, 0.15) is 54.4 Å². The standard InChI is InChI=1S/C13H24N2O6/c1-12(2,3)20-14-9(16)7-8-10(17)19-11(18)15-21-13(4,5)6/h7-8H2,1-6H3,(H,14,16)(H,15,18). The molecule has 0 rings (SSSR count). The van der Waals surface area contributed by atoms with Gasteiger partial charge in [-0.05, 0) is 41.5 Å². The molecule has 21 heavy (non-hydrogen) atoms. The second-order valence-electron chi connectivity index (χ2n) is 6.32. The Morgan fingerprint density at radius 1 is 0.810 bits per heavy atom. The van der Waals surface area contributed by atoms with Gasteiger partial charge in [-0.25, -0.2) is 10.3 Å². The fourth-order valence-corrected chi connectivity index (χ4v) is 0.847. The summed E-state index contributed by atoms with van der Waals surface area (Å²) < 4.78 is 4.41. The van der Waals surface area contributed by atoms with Gasteiger partial charge in [0.15, 0.2) is 0 Å². The van der Waals surface area contributed by atoms with Gasteiger partial charge in [0, 0.05) is 6.42 Å². The number of ether oxygens (including phenoxy) is 1. The third kappa shape index (κ3) is 13.1. The molecule has 0 aliphatic carbocycles. The summed E-state index contributed by atoms with van der Waals surface area (Å²) in [6.07, 6.45) is -1.42. The zero-order chi connectivity index (χ0) is 16.7. The third-order valence-corrected chi connectivity index (χ3v) is 1.67. The molecule has 0 heterocycles. The highest BCUT2D eigenvalue weighted by atomic mass is 16.7. The fraction of sp³-hybridized carbons (Fsp3) is 0.769. The average molecular weight is 304 g/mol. The summed E-state index contributed by atoms with van der Waals surface area (Å²) in [5, 5.41) is 0. The topological polar surface area (TPSA) is 103 Å². The molecule has 0 aliphatic rings. The Morgan fingerprint density at radius 3 is 1.76 bits per heavy atom. The molecule has 0 spiro atoms. The summed E-state index contributed by atoms with van der Waals surface area (Å²) in [5.74, 6) is -1.32. The second-order valence-corrected chi connectivity index (χ2v) is 6.32. The van der Waals surface area contributed by atoms with E-state index in [1.54, 1.807) is 41.5 Å². The van der Waals surface area contributed by atoms with Crippen LogP contribution in [0.15, 0.2) is 0 Å². The van der Waals surface area contributed by atoms with Gasteiger partial charge < -0.3 is 4.74 Å². The maximum atomic E-state index is 11.4. The van der Waals surface area contributed by atoms with Gasteiger partial charge >= 0.3 is 12.1 Å². The summed E-state index contributed by atoms with van der Waals surface area (Å²) in [7, 11) is 0. The zero-order valence-corrected chi connectivity index (χ0v) is 13.4. The number of nitrogens with one attached hydrogen (secondary N) is 2. The lowest BCUT2D eigenvalue weighted by Crippen LogP contribution is -2.35. The molecule has 0 aromatic rings. The first-order chi connectivity index (χ1) is 9.39. The van der Waals surface area contributed by atoms with Crippen molar-refractivity contribution in [2.75, 3.05) is 0 Å². The molecule has 122 valence electrons. The molecule has 0 saturated carbocycles. The molecule has 0 unspecified atom stereocenters. The lowest BCUT2D eigenvalue weighted by atomic mass is 10.2. The number of hydrogen-bond acceptors (Lipinski definition) is 6. The Labute approximate surface area is 124 Å². The molecule has 0 fully saturated rings. The van der Waals surface area contributed by atoms with Crippen LogP contribution < -0.4 is 11.0 Å². The van der Waals surface area contributed by atoms with E-state index in [9.17, 15) is 14.4 Å². The molecule has 0 aromatic carbocycles. The molecule has 0 radical (unpaired) electrons. The number of hydroxylamine groups is 2. The van der Waals surface area contributed by atoms with Crippen LogP contribution in [0.2, 0.25) is 0 Å². The van der Waals surface area contributed by atoms with Gasteiger partial charge in [0.2, 0.25) is 5.91 Å². The van der Waals surface area contributed by atoms with Crippen LogP contribution in [0, 0.1) is 0 Å². The minimum Gasteiger partial charge on any atom is -0.375 e. The second kappa shape index (κ2) is 7.94. The van der Waals surface area contributed by atoms with Crippen molar-refractivity contribution in [3.8, 4) is 0 Å². The van der Waals surface area contributed by atoms with Crippen molar-refractivity contribution in [3.63, 3.8) is 0 Å². The van der Waals surface area contributed by atoms with Crippen molar-refractivity contribution >= 4 is 18.0 Å². The van der Waals surface area contributed by atoms with Crippen LogP contribution >= 0.6 is 0 Å². The van der Waals surface area contributed by atoms with E-state index in [1.165, 1.54) is 0 Å². The molecule has 0 aromatic heterocycles. The summed E-state index contributed by atoms with van der Waals surface area (Å²) in [6, 6.07) is 0. The lowest BCUT2D eigenvalue weighted by Gasteiger charge is -2.19. The smallest absolute Gasteiger partial charge is 0.375 e. The molecule has 0 atom stereocenters. The fourth-order valence-electron chi connectivity index (χ4n) is 0.847. The first kappa shape index (κ1) is 19.3. The molecular weight excluding hydrogens is 280 g/mol. The number of hydrogen-bond donors (Lipinski definition) is 2. The van der Waals surface area contributed by atoms with E-state index >= 15 is 0 Å². The minimum atomic E-state index is -1.03. The first-order valence-electron chi connectivity index (χ1n) is 6.54. The molecule has 8 heteroatoms. The zero-order valence-electron chi connectivity index (χ0n) is 13.4.